The number of ether oxygens (including phenoxy) is 2. The lowest BCUT2D eigenvalue weighted by molar-refractivity contribution is -0.0881. The molecule has 1 aromatic heterocycles. The Labute approximate surface area is 156 Å². The molecule has 2 aromatic rings. The molecule has 0 radical (unpaired) electrons. The number of aliphatic hydroxyl groups excluding tert-OH is 1. The largest absolute Gasteiger partial charge is 0.386 e. The van der Waals surface area contributed by atoms with Crippen molar-refractivity contribution >= 4 is 0 Å². The van der Waals surface area contributed by atoms with Gasteiger partial charge in [0.1, 0.15) is 12.2 Å². The maximum Gasteiger partial charge on any atom is 0.330 e. The van der Waals surface area contributed by atoms with Crippen LogP contribution in [0.1, 0.15) is 30.7 Å². The molecule has 1 unspecified atom stereocenters. The van der Waals surface area contributed by atoms with Crippen molar-refractivity contribution < 1.29 is 14.6 Å². The first-order valence-corrected chi connectivity index (χ1v) is 8.73. The first-order valence-electron chi connectivity index (χ1n) is 8.73. The van der Waals surface area contributed by atoms with Gasteiger partial charge in [-0.15, -0.1) is 6.42 Å². The van der Waals surface area contributed by atoms with Crippen LogP contribution in [0.25, 0.3) is 0 Å². The molecule has 1 fully saturated rings. The molecule has 1 aliphatic heterocycles. The molecule has 1 aliphatic rings. The van der Waals surface area contributed by atoms with Crippen molar-refractivity contribution in [3.05, 3.63) is 68.5 Å². The number of terminal acetylenes is 1. The summed E-state index contributed by atoms with van der Waals surface area (Å²) in [5.41, 5.74) is -1.11. The number of benzene rings is 1. The van der Waals surface area contributed by atoms with Crippen LogP contribution in [0.2, 0.25) is 0 Å². The summed E-state index contributed by atoms with van der Waals surface area (Å²) in [5.74, 6) is 2.59. The fourth-order valence-electron chi connectivity index (χ4n) is 3.27. The van der Waals surface area contributed by atoms with Crippen LogP contribution in [0.3, 0.4) is 0 Å². The van der Waals surface area contributed by atoms with Crippen LogP contribution in [0, 0.1) is 19.3 Å². The summed E-state index contributed by atoms with van der Waals surface area (Å²) in [6, 6.07) is 9.48. The van der Waals surface area contributed by atoms with E-state index in [4.69, 9.17) is 15.9 Å². The normalized spacial score (nSPS) is 27.4. The number of aliphatic hydroxyl groups is 1. The molecule has 0 aliphatic carbocycles. The smallest absolute Gasteiger partial charge is 0.330 e. The van der Waals surface area contributed by atoms with E-state index in [0.29, 0.717) is 12.0 Å². The standard InChI is InChI=1S/C20H22N2O5/c1-4-20(5-2)16(26-12-14-9-7-6-8-10-14)15(23)18(27-20)22-11-13(3)17(24)21-19(22)25/h1,6-11,15-16,18,23H,5,12H2,2-3H3,(H,21,24,25)/t15-,16?,18+,20+/m0/s1. The zero-order valence-corrected chi connectivity index (χ0v) is 15.2. The fraction of sp³-hybridized carbons (Fsp3) is 0.400. The topological polar surface area (TPSA) is 93.6 Å². The molecule has 0 bridgehead atoms. The molecule has 0 saturated carbocycles. The van der Waals surface area contributed by atoms with Gasteiger partial charge in [-0.3, -0.25) is 14.3 Å². The maximum absolute atomic E-state index is 12.2. The van der Waals surface area contributed by atoms with Crippen molar-refractivity contribution in [1.82, 2.24) is 9.55 Å². The van der Waals surface area contributed by atoms with Crippen molar-refractivity contribution in [2.45, 2.75) is 50.9 Å². The predicted molar refractivity (Wildman–Crippen MR) is 99.1 cm³/mol. The first-order chi connectivity index (χ1) is 12.9. The SMILES string of the molecule is C#C[C@]1(CC)O[C@@H](n2cc(C)c(=O)[nH]c2=O)[C@@H](O)C1OCc1ccccc1. The van der Waals surface area contributed by atoms with E-state index in [-0.39, 0.29) is 6.61 Å². The number of nitrogens with one attached hydrogen (secondary N) is 1. The first kappa shape index (κ1) is 19.1. The molecule has 7 heteroatoms. The van der Waals surface area contributed by atoms with Gasteiger partial charge in [-0.05, 0) is 18.9 Å². The van der Waals surface area contributed by atoms with Crippen LogP contribution in [0.4, 0.5) is 0 Å². The summed E-state index contributed by atoms with van der Waals surface area (Å²) in [6.07, 6.45) is 4.37. The predicted octanol–water partition coefficient (Wildman–Crippen LogP) is 1.10. The molecule has 27 heavy (non-hydrogen) atoms. The van der Waals surface area contributed by atoms with Crippen LogP contribution in [-0.4, -0.2) is 32.5 Å². The molecule has 7 nitrogen and oxygen atoms in total. The zero-order chi connectivity index (χ0) is 19.6. The van der Waals surface area contributed by atoms with E-state index in [0.717, 1.165) is 10.1 Å². The summed E-state index contributed by atoms with van der Waals surface area (Å²) < 4.78 is 13.0. The van der Waals surface area contributed by atoms with Crippen LogP contribution in [0.5, 0.6) is 0 Å². The van der Waals surface area contributed by atoms with Gasteiger partial charge in [-0.1, -0.05) is 43.2 Å². The number of aromatic amines is 1. The number of aryl methyl sites for hydroxylation is 1. The van der Waals surface area contributed by atoms with Gasteiger partial charge in [-0.25, -0.2) is 4.79 Å². The van der Waals surface area contributed by atoms with Gasteiger partial charge >= 0.3 is 5.69 Å². The Hall–Kier alpha value is -2.66. The van der Waals surface area contributed by atoms with Gasteiger partial charge in [-0.2, -0.15) is 0 Å². The van der Waals surface area contributed by atoms with E-state index >= 15 is 0 Å². The maximum atomic E-state index is 12.2. The second kappa shape index (κ2) is 7.53. The highest BCUT2D eigenvalue weighted by molar-refractivity contribution is 5.20. The lowest BCUT2D eigenvalue weighted by atomic mass is 9.93. The van der Waals surface area contributed by atoms with Crippen molar-refractivity contribution in [1.29, 1.82) is 0 Å². The monoisotopic (exact) mass is 370 g/mol. The molecule has 2 N–H and O–H groups in total. The van der Waals surface area contributed by atoms with Gasteiger partial charge in [0.2, 0.25) is 0 Å². The lowest BCUT2D eigenvalue weighted by Gasteiger charge is -2.28. The summed E-state index contributed by atoms with van der Waals surface area (Å²) in [4.78, 5) is 26.1. The Balaban J connectivity index is 1.93. The number of rotatable bonds is 5. The van der Waals surface area contributed by atoms with Gasteiger partial charge in [0.15, 0.2) is 11.8 Å². The summed E-state index contributed by atoms with van der Waals surface area (Å²) in [6.45, 7) is 3.63. The molecule has 1 aromatic carbocycles. The van der Waals surface area contributed by atoms with Crippen LogP contribution in [0.15, 0.2) is 46.1 Å². The second-order valence-corrected chi connectivity index (χ2v) is 6.58. The highest BCUT2D eigenvalue weighted by Crippen LogP contribution is 2.40. The molecule has 3 rings (SSSR count). The van der Waals surface area contributed by atoms with Crippen LogP contribution < -0.4 is 11.2 Å². The highest BCUT2D eigenvalue weighted by Gasteiger charge is 2.54. The molecular weight excluding hydrogens is 348 g/mol. The Bertz CT molecular complexity index is 959. The summed E-state index contributed by atoms with van der Waals surface area (Å²) in [5, 5.41) is 10.9. The second-order valence-electron chi connectivity index (χ2n) is 6.58. The molecule has 0 amide bonds. The molecule has 1 saturated heterocycles. The van der Waals surface area contributed by atoms with Crippen molar-refractivity contribution in [3.63, 3.8) is 0 Å². The fourth-order valence-corrected chi connectivity index (χ4v) is 3.27. The third-order valence-corrected chi connectivity index (χ3v) is 4.85. The van der Waals surface area contributed by atoms with Gasteiger partial charge in [0.25, 0.3) is 5.56 Å². The Kier molecular flexibility index (Phi) is 5.33. The zero-order valence-electron chi connectivity index (χ0n) is 15.2. The van der Waals surface area contributed by atoms with E-state index in [9.17, 15) is 14.7 Å². The van der Waals surface area contributed by atoms with E-state index in [1.54, 1.807) is 6.92 Å². The van der Waals surface area contributed by atoms with Crippen LogP contribution >= 0.6 is 0 Å². The average Bonchev–Trinajstić information content (AvgIpc) is 2.96. The van der Waals surface area contributed by atoms with Crippen molar-refractivity contribution in [2.24, 2.45) is 0 Å². The number of aromatic nitrogens is 2. The Morgan fingerprint density at radius 2 is 2.07 bits per heavy atom. The number of hydrogen-bond acceptors (Lipinski definition) is 5. The van der Waals surface area contributed by atoms with E-state index < -0.39 is 35.3 Å². The van der Waals surface area contributed by atoms with Crippen molar-refractivity contribution in [3.8, 4) is 12.3 Å². The number of H-pyrrole nitrogens is 1. The van der Waals surface area contributed by atoms with Crippen LogP contribution in [-0.2, 0) is 16.1 Å². The van der Waals surface area contributed by atoms with Gasteiger partial charge in [0, 0.05) is 11.8 Å². The summed E-state index contributed by atoms with van der Waals surface area (Å²) in [7, 11) is 0. The van der Waals surface area contributed by atoms with Gasteiger partial charge in [0.05, 0.1) is 6.61 Å². The van der Waals surface area contributed by atoms with E-state index in [2.05, 4.69) is 10.9 Å². The minimum atomic E-state index is -1.19. The Morgan fingerprint density at radius 3 is 2.70 bits per heavy atom. The number of nitrogens with zero attached hydrogens (tertiary/aromatic N) is 1. The third kappa shape index (κ3) is 3.47. The molecule has 4 atom stereocenters. The third-order valence-electron chi connectivity index (χ3n) is 4.85. The summed E-state index contributed by atoms with van der Waals surface area (Å²) >= 11 is 0. The quantitative estimate of drug-likeness (QED) is 0.769. The molecular formula is C20H22N2O5. The van der Waals surface area contributed by atoms with Crippen molar-refractivity contribution in [2.75, 3.05) is 0 Å². The molecule has 2 heterocycles. The molecule has 142 valence electrons. The van der Waals surface area contributed by atoms with E-state index in [1.807, 2.05) is 37.3 Å². The minimum absolute atomic E-state index is 0.238. The van der Waals surface area contributed by atoms with E-state index in [1.165, 1.54) is 6.20 Å². The van der Waals surface area contributed by atoms with Gasteiger partial charge < -0.3 is 14.6 Å². The minimum Gasteiger partial charge on any atom is -0.386 e. The lowest BCUT2D eigenvalue weighted by Crippen LogP contribution is -2.43. The highest BCUT2D eigenvalue weighted by atomic mass is 16.6. The molecule has 0 spiro atoms. The Morgan fingerprint density at radius 1 is 1.37 bits per heavy atom. The number of hydrogen-bond donors (Lipinski definition) is 2. The average molecular weight is 370 g/mol.